The van der Waals surface area contributed by atoms with Gasteiger partial charge in [-0.3, -0.25) is 0 Å². The molecule has 0 amide bonds. The van der Waals surface area contributed by atoms with Gasteiger partial charge in [0.2, 0.25) is 0 Å². The van der Waals surface area contributed by atoms with Gasteiger partial charge in [0.05, 0.1) is 0 Å². The van der Waals surface area contributed by atoms with E-state index in [1.807, 2.05) is 0 Å². The van der Waals surface area contributed by atoms with Gasteiger partial charge in [-0.1, -0.05) is 15.9 Å². The number of benzene rings is 1. The van der Waals surface area contributed by atoms with Crippen molar-refractivity contribution in [3.8, 4) is 0 Å². The van der Waals surface area contributed by atoms with Gasteiger partial charge in [-0.15, -0.1) is 0 Å². The van der Waals surface area contributed by atoms with Crippen molar-refractivity contribution in [2.75, 3.05) is 11.9 Å². The van der Waals surface area contributed by atoms with Crippen molar-refractivity contribution in [1.29, 1.82) is 0 Å². The predicted molar refractivity (Wildman–Crippen MR) is 72.9 cm³/mol. The van der Waals surface area contributed by atoms with Crippen molar-refractivity contribution >= 4 is 21.6 Å². The Morgan fingerprint density at radius 1 is 1.50 bits per heavy atom. The maximum absolute atomic E-state index is 5.90. The maximum atomic E-state index is 5.90. The summed E-state index contributed by atoms with van der Waals surface area (Å²) in [6.45, 7) is 2.06. The van der Waals surface area contributed by atoms with Gasteiger partial charge in [0, 0.05) is 29.3 Å². The highest BCUT2D eigenvalue weighted by atomic mass is 79.9. The maximum Gasteiger partial charge on any atom is 0.0400 e. The van der Waals surface area contributed by atoms with Gasteiger partial charge in [-0.25, -0.2) is 0 Å². The van der Waals surface area contributed by atoms with E-state index in [0.29, 0.717) is 0 Å². The summed E-state index contributed by atoms with van der Waals surface area (Å²) in [5.41, 5.74) is 8.58. The van der Waals surface area contributed by atoms with Crippen LogP contribution >= 0.6 is 15.9 Å². The molecule has 0 aliphatic heterocycles. The fourth-order valence-electron chi connectivity index (χ4n) is 2.07. The van der Waals surface area contributed by atoms with E-state index >= 15 is 0 Å². The number of nitrogens with zero attached hydrogens (tertiary/aromatic N) is 1. The SMILES string of the molecule is CC(N)Cc1cc(Br)ccc1N(C)C1CC1. The molecule has 0 aromatic heterocycles. The molecule has 16 heavy (non-hydrogen) atoms. The molecule has 1 saturated carbocycles. The number of rotatable bonds is 4. The van der Waals surface area contributed by atoms with Crippen molar-refractivity contribution in [3.05, 3.63) is 28.2 Å². The summed E-state index contributed by atoms with van der Waals surface area (Å²) in [7, 11) is 2.19. The molecule has 1 aromatic carbocycles. The number of hydrogen-bond donors (Lipinski definition) is 1. The van der Waals surface area contributed by atoms with E-state index in [2.05, 4.69) is 53.0 Å². The van der Waals surface area contributed by atoms with Crippen LogP contribution in [0.3, 0.4) is 0 Å². The second kappa shape index (κ2) is 4.76. The summed E-state index contributed by atoms with van der Waals surface area (Å²) in [5.74, 6) is 0. The lowest BCUT2D eigenvalue weighted by molar-refractivity contribution is 0.733. The van der Waals surface area contributed by atoms with E-state index in [4.69, 9.17) is 5.73 Å². The van der Waals surface area contributed by atoms with Crippen LogP contribution in [0.1, 0.15) is 25.3 Å². The Bertz CT molecular complexity index is 372. The highest BCUT2D eigenvalue weighted by Gasteiger charge is 2.27. The van der Waals surface area contributed by atoms with Crippen LogP contribution in [0.25, 0.3) is 0 Å². The molecule has 1 unspecified atom stereocenters. The van der Waals surface area contributed by atoms with Crippen LogP contribution in [0, 0.1) is 0 Å². The molecular formula is C13H19BrN2. The van der Waals surface area contributed by atoms with E-state index < -0.39 is 0 Å². The Morgan fingerprint density at radius 3 is 2.75 bits per heavy atom. The third-order valence-electron chi connectivity index (χ3n) is 3.06. The zero-order valence-electron chi connectivity index (χ0n) is 9.91. The monoisotopic (exact) mass is 282 g/mol. The molecule has 1 aliphatic rings. The van der Waals surface area contributed by atoms with Crippen molar-refractivity contribution < 1.29 is 0 Å². The standard InChI is InChI=1S/C13H19BrN2/c1-9(15)7-10-8-11(14)3-6-13(10)16(2)12-4-5-12/h3,6,8-9,12H,4-5,7,15H2,1-2H3. The van der Waals surface area contributed by atoms with E-state index in [1.165, 1.54) is 24.1 Å². The second-order valence-corrected chi connectivity index (χ2v) is 5.71. The lowest BCUT2D eigenvalue weighted by atomic mass is 10.0. The van der Waals surface area contributed by atoms with Crippen LogP contribution in [0.2, 0.25) is 0 Å². The van der Waals surface area contributed by atoms with Crippen LogP contribution in [0.15, 0.2) is 22.7 Å². The van der Waals surface area contributed by atoms with E-state index in [0.717, 1.165) is 16.9 Å². The first kappa shape index (κ1) is 11.9. The molecule has 2 rings (SSSR count). The van der Waals surface area contributed by atoms with Gasteiger partial charge in [-0.05, 0) is 49.9 Å². The second-order valence-electron chi connectivity index (χ2n) is 4.80. The van der Waals surface area contributed by atoms with E-state index in [-0.39, 0.29) is 6.04 Å². The molecule has 1 aromatic rings. The van der Waals surface area contributed by atoms with Crippen molar-refractivity contribution in [1.82, 2.24) is 0 Å². The Kier molecular flexibility index (Phi) is 3.55. The van der Waals surface area contributed by atoms with Crippen LogP contribution < -0.4 is 10.6 Å². The highest BCUT2D eigenvalue weighted by molar-refractivity contribution is 9.10. The van der Waals surface area contributed by atoms with Crippen molar-refractivity contribution in [3.63, 3.8) is 0 Å². The van der Waals surface area contributed by atoms with Crippen molar-refractivity contribution in [2.24, 2.45) is 5.73 Å². The Hall–Kier alpha value is -0.540. The molecule has 88 valence electrons. The summed E-state index contributed by atoms with van der Waals surface area (Å²) in [6.07, 6.45) is 3.58. The summed E-state index contributed by atoms with van der Waals surface area (Å²) < 4.78 is 1.14. The lowest BCUT2D eigenvalue weighted by Crippen LogP contribution is -2.24. The predicted octanol–water partition coefficient (Wildman–Crippen LogP) is 2.94. The first-order valence-electron chi connectivity index (χ1n) is 5.85. The third kappa shape index (κ3) is 2.77. The molecule has 2 nitrogen and oxygen atoms in total. The summed E-state index contributed by atoms with van der Waals surface area (Å²) in [4.78, 5) is 2.39. The van der Waals surface area contributed by atoms with Gasteiger partial charge >= 0.3 is 0 Å². The molecule has 1 fully saturated rings. The molecule has 1 aliphatic carbocycles. The summed E-state index contributed by atoms with van der Waals surface area (Å²) in [6, 6.07) is 7.45. The van der Waals surface area contributed by atoms with Gasteiger partial charge in [-0.2, -0.15) is 0 Å². The normalized spacial score (nSPS) is 17.2. The Balaban J connectivity index is 2.27. The zero-order chi connectivity index (χ0) is 11.7. The molecule has 0 radical (unpaired) electrons. The van der Waals surface area contributed by atoms with Gasteiger partial charge in [0.25, 0.3) is 0 Å². The van der Waals surface area contributed by atoms with Crippen LogP contribution in [0.4, 0.5) is 5.69 Å². The van der Waals surface area contributed by atoms with Gasteiger partial charge in [0.15, 0.2) is 0 Å². The highest BCUT2D eigenvalue weighted by Crippen LogP contribution is 2.33. The zero-order valence-corrected chi connectivity index (χ0v) is 11.5. The first-order chi connectivity index (χ1) is 7.58. The van der Waals surface area contributed by atoms with Crippen LogP contribution in [-0.4, -0.2) is 19.1 Å². The largest absolute Gasteiger partial charge is 0.371 e. The topological polar surface area (TPSA) is 29.3 Å². The number of anilines is 1. The fourth-order valence-corrected chi connectivity index (χ4v) is 2.48. The number of nitrogens with two attached hydrogens (primary N) is 1. The Morgan fingerprint density at radius 2 is 2.19 bits per heavy atom. The quantitative estimate of drug-likeness (QED) is 0.920. The average molecular weight is 283 g/mol. The molecule has 0 bridgehead atoms. The molecule has 0 heterocycles. The summed E-state index contributed by atoms with van der Waals surface area (Å²) >= 11 is 3.53. The van der Waals surface area contributed by atoms with Gasteiger partial charge in [0.1, 0.15) is 0 Å². The minimum atomic E-state index is 0.209. The minimum Gasteiger partial charge on any atom is -0.371 e. The molecule has 3 heteroatoms. The van der Waals surface area contributed by atoms with Crippen molar-refractivity contribution in [2.45, 2.75) is 38.3 Å². The molecule has 0 spiro atoms. The lowest BCUT2D eigenvalue weighted by Gasteiger charge is -2.23. The molecular weight excluding hydrogens is 264 g/mol. The van der Waals surface area contributed by atoms with Crippen LogP contribution in [0.5, 0.6) is 0 Å². The number of halogens is 1. The minimum absolute atomic E-state index is 0.209. The summed E-state index contributed by atoms with van der Waals surface area (Å²) in [5, 5.41) is 0. The third-order valence-corrected chi connectivity index (χ3v) is 3.55. The van der Waals surface area contributed by atoms with E-state index in [1.54, 1.807) is 0 Å². The van der Waals surface area contributed by atoms with Gasteiger partial charge < -0.3 is 10.6 Å². The molecule has 0 saturated heterocycles. The van der Waals surface area contributed by atoms with Crippen LogP contribution in [-0.2, 0) is 6.42 Å². The van der Waals surface area contributed by atoms with E-state index in [9.17, 15) is 0 Å². The average Bonchev–Trinajstić information content (AvgIpc) is 2.99. The molecule has 2 N–H and O–H groups in total. The fraction of sp³-hybridized carbons (Fsp3) is 0.538. The Labute approximate surface area is 106 Å². The first-order valence-corrected chi connectivity index (χ1v) is 6.64. The number of hydrogen-bond acceptors (Lipinski definition) is 2. The molecule has 1 atom stereocenters. The smallest absolute Gasteiger partial charge is 0.0400 e.